The normalized spacial score (nSPS) is 16.6. The molecule has 0 aliphatic carbocycles. The molecule has 0 aromatic heterocycles. The Labute approximate surface area is 71.6 Å². The van der Waals surface area contributed by atoms with Gasteiger partial charge in [-0.1, -0.05) is 20.8 Å². The summed E-state index contributed by atoms with van der Waals surface area (Å²) in [4.78, 5) is 0. The fourth-order valence-electron chi connectivity index (χ4n) is 0.866. The molecule has 0 heterocycles. The van der Waals surface area contributed by atoms with E-state index in [1.54, 1.807) is 0 Å². The van der Waals surface area contributed by atoms with Crippen LogP contribution in [0.3, 0.4) is 0 Å². The van der Waals surface area contributed by atoms with E-state index in [2.05, 4.69) is 53.8 Å². The van der Waals surface area contributed by atoms with E-state index in [-0.39, 0.29) is 5.54 Å². The molecule has 0 radical (unpaired) electrons. The largest absolute Gasteiger partial charge is 0.309 e. The van der Waals surface area contributed by atoms with Crippen LogP contribution in [0.25, 0.3) is 0 Å². The Morgan fingerprint density at radius 3 is 1.36 bits per heavy atom. The molecular formula is C10H23N. The van der Waals surface area contributed by atoms with Gasteiger partial charge in [-0.15, -0.1) is 0 Å². The predicted molar refractivity (Wildman–Crippen MR) is 51.8 cm³/mol. The summed E-state index contributed by atoms with van der Waals surface area (Å²) in [6.45, 7) is 15.6. The molecule has 1 unspecified atom stereocenters. The van der Waals surface area contributed by atoms with Gasteiger partial charge in [0.05, 0.1) is 0 Å². The Kier molecular flexibility index (Phi) is 3.13. The summed E-state index contributed by atoms with van der Waals surface area (Å²) in [5, 5.41) is 3.56. The van der Waals surface area contributed by atoms with Crippen LogP contribution in [-0.4, -0.2) is 11.6 Å². The molecule has 0 bridgehead atoms. The van der Waals surface area contributed by atoms with Gasteiger partial charge >= 0.3 is 0 Å². The molecule has 0 aromatic carbocycles. The lowest BCUT2D eigenvalue weighted by atomic mass is 9.86. The third kappa shape index (κ3) is 5.25. The standard InChI is InChI=1S/C10H23N/c1-8(9(2,3)4)11-10(5,6)7/h8,11H,1-7H3. The first-order valence-corrected chi connectivity index (χ1v) is 4.40. The highest BCUT2D eigenvalue weighted by atomic mass is 15.0. The molecule has 0 amide bonds. The minimum Gasteiger partial charge on any atom is -0.309 e. The van der Waals surface area contributed by atoms with Gasteiger partial charge in [0.15, 0.2) is 0 Å². The fourth-order valence-corrected chi connectivity index (χ4v) is 0.866. The number of rotatable bonds is 1. The lowest BCUT2D eigenvalue weighted by molar-refractivity contribution is 0.235. The van der Waals surface area contributed by atoms with Crippen molar-refractivity contribution in [2.24, 2.45) is 5.41 Å². The van der Waals surface area contributed by atoms with Gasteiger partial charge in [-0.2, -0.15) is 0 Å². The second-order valence-corrected chi connectivity index (χ2v) is 5.48. The van der Waals surface area contributed by atoms with Crippen molar-refractivity contribution in [3.05, 3.63) is 0 Å². The first-order valence-electron chi connectivity index (χ1n) is 4.40. The Hall–Kier alpha value is -0.0400. The van der Waals surface area contributed by atoms with Crippen LogP contribution in [0.15, 0.2) is 0 Å². The minimum absolute atomic E-state index is 0.229. The zero-order valence-electron chi connectivity index (χ0n) is 9.08. The van der Waals surface area contributed by atoms with Gasteiger partial charge in [0.1, 0.15) is 0 Å². The Morgan fingerprint density at radius 2 is 1.27 bits per heavy atom. The molecule has 0 aliphatic heterocycles. The third-order valence-electron chi connectivity index (χ3n) is 1.95. The van der Waals surface area contributed by atoms with Crippen molar-refractivity contribution in [2.45, 2.75) is 60.0 Å². The third-order valence-corrected chi connectivity index (χ3v) is 1.95. The maximum absolute atomic E-state index is 3.56. The van der Waals surface area contributed by atoms with Crippen LogP contribution in [0.1, 0.15) is 48.5 Å². The number of hydrogen-bond donors (Lipinski definition) is 1. The first kappa shape index (κ1) is 11.0. The molecule has 0 spiro atoms. The molecule has 1 N–H and O–H groups in total. The van der Waals surface area contributed by atoms with E-state index < -0.39 is 0 Å². The number of hydrogen-bond acceptors (Lipinski definition) is 1. The van der Waals surface area contributed by atoms with Crippen LogP contribution in [0.2, 0.25) is 0 Å². The minimum atomic E-state index is 0.229. The highest BCUT2D eigenvalue weighted by molar-refractivity contribution is 4.82. The highest BCUT2D eigenvalue weighted by Crippen LogP contribution is 2.20. The zero-order chi connectivity index (χ0) is 9.28. The van der Waals surface area contributed by atoms with Crippen LogP contribution >= 0.6 is 0 Å². The van der Waals surface area contributed by atoms with Gasteiger partial charge in [-0.25, -0.2) is 0 Å². The van der Waals surface area contributed by atoms with Gasteiger partial charge < -0.3 is 5.32 Å². The predicted octanol–water partition coefficient (Wildman–Crippen LogP) is 2.81. The molecular weight excluding hydrogens is 134 g/mol. The van der Waals surface area contributed by atoms with Crippen LogP contribution in [-0.2, 0) is 0 Å². The summed E-state index contributed by atoms with van der Waals surface area (Å²) < 4.78 is 0. The van der Waals surface area contributed by atoms with Gasteiger partial charge in [-0.05, 0) is 33.1 Å². The van der Waals surface area contributed by atoms with Crippen molar-refractivity contribution < 1.29 is 0 Å². The smallest absolute Gasteiger partial charge is 0.00992 e. The first-order chi connectivity index (χ1) is 4.63. The molecule has 0 saturated carbocycles. The molecule has 11 heavy (non-hydrogen) atoms. The summed E-state index contributed by atoms with van der Waals surface area (Å²) in [5.41, 5.74) is 0.583. The SMILES string of the molecule is CC(NC(C)(C)C)C(C)(C)C. The van der Waals surface area contributed by atoms with Crippen LogP contribution in [0.5, 0.6) is 0 Å². The van der Waals surface area contributed by atoms with E-state index in [0.717, 1.165) is 0 Å². The van der Waals surface area contributed by atoms with E-state index in [1.165, 1.54) is 0 Å². The van der Waals surface area contributed by atoms with Gasteiger partial charge in [0, 0.05) is 11.6 Å². The zero-order valence-corrected chi connectivity index (χ0v) is 9.08. The molecule has 1 atom stereocenters. The summed E-state index contributed by atoms with van der Waals surface area (Å²) in [6, 6.07) is 0.558. The van der Waals surface area contributed by atoms with Crippen LogP contribution in [0, 0.1) is 5.41 Å². The van der Waals surface area contributed by atoms with E-state index >= 15 is 0 Å². The summed E-state index contributed by atoms with van der Waals surface area (Å²) >= 11 is 0. The maximum Gasteiger partial charge on any atom is 0.00992 e. The molecule has 1 nitrogen and oxygen atoms in total. The molecule has 68 valence electrons. The van der Waals surface area contributed by atoms with Crippen molar-refractivity contribution in [3.8, 4) is 0 Å². The molecule has 0 saturated heterocycles. The van der Waals surface area contributed by atoms with E-state index in [1.807, 2.05) is 0 Å². The molecule has 0 aliphatic rings. The summed E-state index contributed by atoms with van der Waals surface area (Å²) in [7, 11) is 0. The Bertz CT molecular complexity index is 114. The topological polar surface area (TPSA) is 12.0 Å². The quantitative estimate of drug-likeness (QED) is 0.617. The van der Waals surface area contributed by atoms with E-state index in [9.17, 15) is 0 Å². The fraction of sp³-hybridized carbons (Fsp3) is 1.00. The lowest BCUT2D eigenvalue weighted by Crippen LogP contribution is -2.47. The Balaban J connectivity index is 3.99. The summed E-state index contributed by atoms with van der Waals surface area (Å²) in [5.74, 6) is 0. The van der Waals surface area contributed by atoms with Crippen molar-refractivity contribution in [1.82, 2.24) is 5.32 Å². The second kappa shape index (κ2) is 3.14. The van der Waals surface area contributed by atoms with E-state index in [4.69, 9.17) is 0 Å². The maximum atomic E-state index is 3.56. The van der Waals surface area contributed by atoms with Gasteiger partial charge in [0.25, 0.3) is 0 Å². The molecule has 1 heteroatoms. The lowest BCUT2D eigenvalue weighted by Gasteiger charge is -2.34. The van der Waals surface area contributed by atoms with Crippen molar-refractivity contribution in [2.75, 3.05) is 0 Å². The summed E-state index contributed by atoms with van der Waals surface area (Å²) in [6.07, 6.45) is 0. The van der Waals surface area contributed by atoms with Crippen LogP contribution < -0.4 is 5.32 Å². The van der Waals surface area contributed by atoms with Crippen LogP contribution in [0.4, 0.5) is 0 Å². The second-order valence-electron chi connectivity index (χ2n) is 5.48. The van der Waals surface area contributed by atoms with E-state index in [0.29, 0.717) is 11.5 Å². The van der Waals surface area contributed by atoms with Gasteiger partial charge in [-0.3, -0.25) is 0 Å². The van der Waals surface area contributed by atoms with Crippen molar-refractivity contribution in [1.29, 1.82) is 0 Å². The molecule has 0 fully saturated rings. The highest BCUT2D eigenvalue weighted by Gasteiger charge is 2.23. The average molecular weight is 157 g/mol. The van der Waals surface area contributed by atoms with Crippen molar-refractivity contribution >= 4 is 0 Å². The number of nitrogens with one attached hydrogen (secondary N) is 1. The Morgan fingerprint density at radius 1 is 0.909 bits per heavy atom. The van der Waals surface area contributed by atoms with Gasteiger partial charge in [0.2, 0.25) is 0 Å². The van der Waals surface area contributed by atoms with Crippen molar-refractivity contribution in [3.63, 3.8) is 0 Å². The molecule has 0 aromatic rings. The monoisotopic (exact) mass is 157 g/mol. The average Bonchev–Trinajstić information content (AvgIpc) is 1.56. The molecule has 0 rings (SSSR count).